The molecule has 2 rings (SSSR count). The third kappa shape index (κ3) is 3.52. The van der Waals surface area contributed by atoms with E-state index in [-0.39, 0.29) is 20.6 Å². The lowest BCUT2D eigenvalue weighted by Crippen LogP contribution is -2.16. The van der Waals surface area contributed by atoms with E-state index in [0.29, 0.717) is 11.4 Å². The molecule has 2 aromatic rings. The van der Waals surface area contributed by atoms with E-state index in [4.69, 9.17) is 5.73 Å². The molecule has 112 valence electrons. The zero-order valence-electron chi connectivity index (χ0n) is 10.8. The van der Waals surface area contributed by atoms with Gasteiger partial charge in [-0.1, -0.05) is 30.5 Å². The van der Waals surface area contributed by atoms with Crippen LogP contribution < -0.4 is 10.5 Å². The third-order valence-corrected chi connectivity index (χ3v) is 5.17. The summed E-state index contributed by atoms with van der Waals surface area (Å²) in [4.78, 5) is -0.367. The van der Waals surface area contributed by atoms with Crippen LogP contribution in [0.5, 0.6) is 0 Å². The highest BCUT2D eigenvalue weighted by atomic mass is 32.2. The normalized spacial score (nSPS) is 11.3. The second-order valence-electron chi connectivity index (χ2n) is 3.97. The molecular formula is C11H11FN4O2S3. The first-order valence-corrected chi connectivity index (χ1v) is 8.49. The van der Waals surface area contributed by atoms with E-state index in [1.54, 1.807) is 0 Å². The van der Waals surface area contributed by atoms with Crippen LogP contribution in [0, 0.1) is 5.82 Å². The molecular weight excluding hydrogens is 335 g/mol. The van der Waals surface area contributed by atoms with Gasteiger partial charge in [-0.3, -0.25) is 4.72 Å². The predicted molar refractivity (Wildman–Crippen MR) is 82.4 cm³/mol. The van der Waals surface area contributed by atoms with E-state index in [0.717, 1.165) is 29.5 Å². The van der Waals surface area contributed by atoms with Crippen LogP contribution in [0.2, 0.25) is 0 Å². The summed E-state index contributed by atoms with van der Waals surface area (Å²) in [5.41, 5.74) is 5.23. The van der Waals surface area contributed by atoms with Crippen LogP contribution in [0.15, 0.2) is 23.1 Å². The summed E-state index contributed by atoms with van der Waals surface area (Å²) < 4.78 is 40.2. The van der Waals surface area contributed by atoms with Gasteiger partial charge in [-0.15, -0.1) is 10.2 Å². The van der Waals surface area contributed by atoms with Crippen molar-refractivity contribution in [3.63, 3.8) is 0 Å². The topological polar surface area (TPSA) is 98.0 Å². The molecule has 1 aromatic carbocycles. The van der Waals surface area contributed by atoms with Gasteiger partial charge in [0.05, 0.1) is 4.90 Å². The van der Waals surface area contributed by atoms with Gasteiger partial charge in [0, 0.05) is 5.56 Å². The first-order valence-electron chi connectivity index (χ1n) is 5.78. The fourth-order valence-corrected chi connectivity index (χ4v) is 3.56. The van der Waals surface area contributed by atoms with Gasteiger partial charge in [0.1, 0.15) is 15.8 Å². The van der Waals surface area contributed by atoms with Crippen LogP contribution in [-0.2, 0) is 16.4 Å². The number of rotatable bonds is 5. The molecule has 0 aliphatic rings. The minimum atomic E-state index is -3.90. The number of aryl methyl sites for hydroxylation is 1. The number of nitrogens with one attached hydrogen (secondary N) is 1. The molecule has 0 saturated carbocycles. The van der Waals surface area contributed by atoms with Crippen molar-refractivity contribution in [3.05, 3.63) is 34.6 Å². The molecule has 6 nitrogen and oxygen atoms in total. The first kappa shape index (κ1) is 15.7. The Kier molecular flexibility index (Phi) is 4.49. The molecule has 0 saturated heterocycles. The zero-order chi connectivity index (χ0) is 15.6. The molecule has 1 aromatic heterocycles. The van der Waals surface area contributed by atoms with Gasteiger partial charge in [0.15, 0.2) is 0 Å². The average molecular weight is 346 g/mol. The summed E-state index contributed by atoms with van der Waals surface area (Å²) in [6, 6.07) is 3.21. The maximum atomic E-state index is 13.5. The standard InChI is InChI=1S/C11H11FN4O2S3/c1-2-9-14-15-11(20-9)16-21(17,18)6-3-4-8(12)7(5-6)10(13)19/h3-5H,2H2,1H3,(H2,13,19)(H,15,16). The Hall–Kier alpha value is -1.65. The number of halogens is 1. The zero-order valence-corrected chi connectivity index (χ0v) is 13.3. The molecule has 0 fully saturated rings. The van der Waals surface area contributed by atoms with Crippen molar-refractivity contribution in [2.45, 2.75) is 18.2 Å². The minimum absolute atomic E-state index is 0.126. The first-order chi connectivity index (χ1) is 9.83. The number of hydrogen-bond donors (Lipinski definition) is 2. The molecule has 0 atom stereocenters. The Labute approximate surface area is 130 Å². The molecule has 0 aliphatic carbocycles. The lowest BCUT2D eigenvalue weighted by atomic mass is 10.2. The van der Waals surface area contributed by atoms with Gasteiger partial charge in [-0.2, -0.15) is 0 Å². The lowest BCUT2D eigenvalue weighted by molar-refractivity contribution is 0.599. The quantitative estimate of drug-likeness (QED) is 0.799. The summed E-state index contributed by atoms with van der Waals surface area (Å²) in [5.74, 6) is -0.675. The van der Waals surface area contributed by atoms with E-state index >= 15 is 0 Å². The largest absolute Gasteiger partial charge is 0.389 e. The molecule has 0 amide bonds. The van der Waals surface area contributed by atoms with Crippen molar-refractivity contribution in [3.8, 4) is 0 Å². The molecule has 21 heavy (non-hydrogen) atoms. The fraction of sp³-hybridized carbons (Fsp3) is 0.182. The number of sulfonamides is 1. The number of hydrogen-bond acceptors (Lipinski definition) is 6. The molecule has 10 heteroatoms. The van der Waals surface area contributed by atoms with Crippen molar-refractivity contribution in [2.75, 3.05) is 4.72 Å². The van der Waals surface area contributed by atoms with E-state index in [2.05, 4.69) is 27.1 Å². The lowest BCUT2D eigenvalue weighted by Gasteiger charge is -2.07. The van der Waals surface area contributed by atoms with E-state index in [1.165, 1.54) is 0 Å². The van der Waals surface area contributed by atoms with Crippen molar-refractivity contribution in [2.24, 2.45) is 5.73 Å². The number of nitrogens with two attached hydrogens (primary N) is 1. The van der Waals surface area contributed by atoms with Gasteiger partial charge in [-0.05, 0) is 24.6 Å². The summed E-state index contributed by atoms with van der Waals surface area (Å²) in [6.07, 6.45) is 0.654. The van der Waals surface area contributed by atoms with E-state index in [1.807, 2.05) is 6.92 Å². The number of anilines is 1. The number of thiocarbonyl (C=S) groups is 1. The van der Waals surface area contributed by atoms with Crippen molar-refractivity contribution in [1.29, 1.82) is 0 Å². The van der Waals surface area contributed by atoms with Crippen LogP contribution in [0.3, 0.4) is 0 Å². The molecule has 0 spiro atoms. The molecule has 0 bridgehead atoms. The highest BCUT2D eigenvalue weighted by Crippen LogP contribution is 2.21. The van der Waals surface area contributed by atoms with Crippen LogP contribution in [-0.4, -0.2) is 23.6 Å². The molecule has 0 unspecified atom stereocenters. The number of nitrogens with zero attached hydrogens (tertiary/aromatic N) is 2. The smallest absolute Gasteiger partial charge is 0.263 e. The molecule has 0 aliphatic heterocycles. The van der Waals surface area contributed by atoms with Gasteiger partial charge in [-0.25, -0.2) is 12.8 Å². The summed E-state index contributed by atoms with van der Waals surface area (Å²) in [7, 11) is -3.90. The van der Waals surface area contributed by atoms with Gasteiger partial charge in [0.25, 0.3) is 10.0 Å². The van der Waals surface area contributed by atoms with Crippen LogP contribution in [0.4, 0.5) is 9.52 Å². The van der Waals surface area contributed by atoms with Crippen molar-refractivity contribution in [1.82, 2.24) is 10.2 Å². The monoisotopic (exact) mass is 346 g/mol. The Balaban J connectivity index is 2.35. The second-order valence-corrected chi connectivity index (χ2v) is 7.15. The van der Waals surface area contributed by atoms with Crippen LogP contribution in [0.1, 0.15) is 17.5 Å². The highest BCUT2D eigenvalue weighted by Gasteiger charge is 2.19. The Bertz CT molecular complexity index is 789. The van der Waals surface area contributed by atoms with Crippen LogP contribution >= 0.6 is 23.6 Å². The van der Waals surface area contributed by atoms with E-state index < -0.39 is 15.8 Å². The number of aromatic nitrogens is 2. The van der Waals surface area contributed by atoms with Gasteiger partial charge in [0.2, 0.25) is 5.13 Å². The third-order valence-electron chi connectivity index (χ3n) is 2.50. The van der Waals surface area contributed by atoms with Gasteiger partial charge >= 0.3 is 0 Å². The van der Waals surface area contributed by atoms with Crippen LogP contribution in [0.25, 0.3) is 0 Å². The molecule has 0 radical (unpaired) electrons. The van der Waals surface area contributed by atoms with Gasteiger partial charge < -0.3 is 5.73 Å². The Morgan fingerprint density at radius 3 is 2.76 bits per heavy atom. The summed E-state index contributed by atoms with van der Waals surface area (Å²) >= 11 is 5.81. The second kappa shape index (κ2) is 6.00. The maximum absolute atomic E-state index is 13.5. The SMILES string of the molecule is CCc1nnc(NS(=O)(=O)c2ccc(F)c(C(N)=S)c2)s1. The molecule has 1 heterocycles. The average Bonchev–Trinajstić information content (AvgIpc) is 2.85. The minimum Gasteiger partial charge on any atom is -0.389 e. The highest BCUT2D eigenvalue weighted by molar-refractivity contribution is 7.93. The van der Waals surface area contributed by atoms with Crippen molar-refractivity contribution >= 4 is 43.7 Å². The number of benzene rings is 1. The maximum Gasteiger partial charge on any atom is 0.263 e. The van der Waals surface area contributed by atoms with Crippen molar-refractivity contribution < 1.29 is 12.8 Å². The Morgan fingerprint density at radius 2 is 2.19 bits per heavy atom. The summed E-state index contributed by atoms with van der Waals surface area (Å²) in [5, 5.41) is 8.39. The fourth-order valence-electron chi connectivity index (χ4n) is 1.47. The molecule has 3 N–H and O–H groups in total. The summed E-state index contributed by atoms with van der Waals surface area (Å²) in [6.45, 7) is 1.88. The predicted octanol–water partition coefficient (Wildman–Crippen LogP) is 1.67. The Morgan fingerprint density at radius 1 is 1.48 bits per heavy atom. The van der Waals surface area contributed by atoms with E-state index in [9.17, 15) is 12.8 Å².